The average molecular weight is 626 g/mol. The van der Waals surface area contributed by atoms with Gasteiger partial charge in [0.1, 0.15) is 17.6 Å². The number of nitrogens with one attached hydrogen (secondary N) is 3. The van der Waals surface area contributed by atoms with E-state index >= 15 is 0 Å². The first-order valence-corrected chi connectivity index (χ1v) is 13.7. The summed E-state index contributed by atoms with van der Waals surface area (Å²) < 4.78 is 43.0. The van der Waals surface area contributed by atoms with Crippen LogP contribution in [0.4, 0.5) is 35.2 Å². The highest BCUT2D eigenvalue weighted by molar-refractivity contribution is 5.94. The number of nitrogen functional groups attached to an aromatic ring is 1. The molecular formula is C31H30F3N5O6. The van der Waals surface area contributed by atoms with Crippen LogP contribution in [0.2, 0.25) is 0 Å². The van der Waals surface area contributed by atoms with Gasteiger partial charge in [-0.1, -0.05) is 24.3 Å². The number of carbonyl (C=O) groups excluding carboxylic acids is 2. The van der Waals surface area contributed by atoms with Gasteiger partial charge in [-0.2, -0.15) is 13.2 Å². The predicted molar refractivity (Wildman–Crippen MR) is 161 cm³/mol. The number of rotatable bonds is 4. The Hall–Kier alpha value is -5.53. The lowest BCUT2D eigenvalue weighted by molar-refractivity contribution is -0.192. The molecule has 1 aromatic heterocycles. The minimum absolute atomic E-state index is 0.183. The molecule has 0 saturated carbocycles. The first kappa shape index (κ1) is 32.4. The van der Waals surface area contributed by atoms with Gasteiger partial charge in [-0.05, 0) is 71.5 Å². The van der Waals surface area contributed by atoms with Crippen molar-refractivity contribution < 1.29 is 42.1 Å². The smallest absolute Gasteiger partial charge is 0.490 e. The van der Waals surface area contributed by atoms with E-state index in [0.29, 0.717) is 30.3 Å². The summed E-state index contributed by atoms with van der Waals surface area (Å²) in [6, 6.07) is 19.8. The summed E-state index contributed by atoms with van der Waals surface area (Å²) in [5, 5.41) is 18.0. The molecular weight excluding hydrogens is 595 g/mol. The largest absolute Gasteiger partial charge is 0.494 e. The van der Waals surface area contributed by atoms with Crippen LogP contribution in [0, 0.1) is 0 Å². The second-order valence-electron chi connectivity index (χ2n) is 9.74. The fourth-order valence-corrected chi connectivity index (χ4v) is 4.46. The van der Waals surface area contributed by atoms with Gasteiger partial charge in [-0.25, -0.2) is 14.6 Å². The first-order valence-electron chi connectivity index (χ1n) is 13.7. The van der Waals surface area contributed by atoms with Crippen molar-refractivity contribution >= 4 is 45.9 Å². The lowest BCUT2D eigenvalue weighted by atomic mass is 10.0. The summed E-state index contributed by atoms with van der Waals surface area (Å²) in [6.45, 7) is 2.81. The number of halogens is 3. The highest BCUT2D eigenvalue weighted by atomic mass is 19.4. The molecule has 6 N–H and O–H groups in total. The summed E-state index contributed by atoms with van der Waals surface area (Å²) >= 11 is 0. The third-order valence-electron chi connectivity index (χ3n) is 6.58. The molecule has 0 fully saturated rings. The zero-order valence-corrected chi connectivity index (χ0v) is 24.0. The molecule has 1 unspecified atom stereocenters. The molecule has 0 radical (unpaired) electrons. The lowest BCUT2D eigenvalue weighted by Gasteiger charge is -2.22. The number of alkyl halides is 3. The van der Waals surface area contributed by atoms with Crippen LogP contribution in [-0.2, 0) is 27.3 Å². The van der Waals surface area contributed by atoms with Gasteiger partial charge in [0.25, 0.3) is 0 Å². The molecule has 3 aromatic carbocycles. The van der Waals surface area contributed by atoms with Crippen LogP contribution in [0.15, 0.2) is 72.9 Å². The quantitative estimate of drug-likeness (QED) is 0.199. The fraction of sp³-hybridized carbons (Fsp3) is 0.226. The summed E-state index contributed by atoms with van der Waals surface area (Å²) in [5.74, 6) is -1.87. The summed E-state index contributed by atoms with van der Waals surface area (Å²) in [7, 11) is 0. The fourth-order valence-electron chi connectivity index (χ4n) is 4.46. The van der Waals surface area contributed by atoms with Crippen LogP contribution in [0.25, 0.3) is 10.8 Å². The van der Waals surface area contributed by atoms with Crippen LogP contribution >= 0.6 is 0 Å². The number of benzene rings is 3. The van der Waals surface area contributed by atoms with Crippen molar-refractivity contribution in [2.75, 3.05) is 29.6 Å². The Bertz CT molecular complexity index is 1700. The molecule has 4 aromatic rings. The SMILES string of the molecule is CCOc1cc2ccc1CCOC(=O)Nc1cccc(c1)CNC(=O)C2Nc1ccc2c(N)nccc2c1.O=C(O)C(F)(F)F. The van der Waals surface area contributed by atoms with E-state index < -0.39 is 24.3 Å². The lowest BCUT2D eigenvalue weighted by Crippen LogP contribution is -2.33. The number of hydrogen-bond donors (Lipinski definition) is 5. The van der Waals surface area contributed by atoms with Crippen molar-refractivity contribution in [1.29, 1.82) is 0 Å². The standard InChI is InChI=1S/C29H29N5O4.C2HF3O2/c1-2-37-25-16-21-7-6-19(25)11-13-38-29(36)34-22-5-3-4-18(14-22)17-32-28(35)26(21)33-23-8-9-24-20(15-23)10-12-31-27(24)30;3-2(4,5)1(6)7/h3-10,12,14-16,26,33H,2,11,13,17H2,1H3,(H2,30,31)(H,32,35)(H,34,36);(H,6,7). The average Bonchev–Trinajstić information content (AvgIpc) is 2.99. The Kier molecular flexibility index (Phi) is 10.3. The maximum Gasteiger partial charge on any atom is 0.490 e. The van der Waals surface area contributed by atoms with Crippen molar-refractivity contribution in [1.82, 2.24) is 10.3 Å². The van der Waals surface area contributed by atoms with Crippen molar-refractivity contribution in [3.63, 3.8) is 0 Å². The van der Waals surface area contributed by atoms with E-state index in [4.69, 9.17) is 25.1 Å². The predicted octanol–water partition coefficient (Wildman–Crippen LogP) is 5.42. The number of aliphatic carboxylic acids is 1. The molecule has 0 saturated heterocycles. The van der Waals surface area contributed by atoms with Crippen molar-refractivity contribution in [3.8, 4) is 5.75 Å². The highest BCUT2D eigenvalue weighted by Crippen LogP contribution is 2.30. The number of hydrogen-bond acceptors (Lipinski definition) is 8. The molecule has 11 nitrogen and oxygen atoms in total. The van der Waals surface area contributed by atoms with Crippen molar-refractivity contribution in [3.05, 3.63) is 89.6 Å². The number of carboxylic acids is 1. The minimum atomic E-state index is -5.08. The van der Waals surface area contributed by atoms with E-state index in [1.54, 1.807) is 18.3 Å². The Morgan fingerprint density at radius 1 is 1.13 bits per heavy atom. The molecule has 0 aliphatic carbocycles. The van der Waals surface area contributed by atoms with Gasteiger partial charge in [0, 0.05) is 35.9 Å². The third kappa shape index (κ3) is 8.75. The van der Waals surface area contributed by atoms with Crippen molar-refractivity contribution in [2.45, 2.75) is 32.1 Å². The summed E-state index contributed by atoms with van der Waals surface area (Å²) in [6.07, 6.45) is -3.49. The van der Waals surface area contributed by atoms with E-state index in [-0.39, 0.29) is 19.1 Å². The molecule has 2 aliphatic rings. The van der Waals surface area contributed by atoms with Crippen LogP contribution in [0.1, 0.15) is 29.7 Å². The van der Waals surface area contributed by atoms with E-state index in [2.05, 4.69) is 20.9 Å². The molecule has 236 valence electrons. The molecule has 4 bridgehead atoms. The van der Waals surface area contributed by atoms with Crippen LogP contribution in [0.5, 0.6) is 5.75 Å². The number of amides is 2. The number of carbonyl (C=O) groups is 3. The van der Waals surface area contributed by atoms with Gasteiger partial charge < -0.3 is 30.9 Å². The third-order valence-corrected chi connectivity index (χ3v) is 6.58. The molecule has 6 rings (SSSR count). The van der Waals surface area contributed by atoms with Gasteiger partial charge in [-0.15, -0.1) is 0 Å². The number of fused-ring (bicyclic) bond motifs is 10. The van der Waals surface area contributed by atoms with E-state index in [1.807, 2.05) is 61.5 Å². The number of carboxylic acid groups (broad SMARTS) is 1. The van der Waals surface area contributed by atoms with E-state index in [0.717, 1.165) is 33.2 Å². The minimum Gasteiger partial charge on any atom is -0.494 e. The number of nitrogens with zero attached hydrogens (tertiary/aromatic N) is 1. The Balaban J connectivity index is 0.000000591. The molecule has 1 atom stereocenters. The van der Waals surface area contributed by atoms with Gasteiger partial charge in [0.05, 0.1) is 13.2 Å². The summed E-state index contributed by atoms with van der Waals surface area (Å²) in [4.78, 5) is 38.9. The van der Waals surface area contributed by atoms with Gasteiger partial charge in [-0.3, -0.25) is 10.1 Å². The van der Waals surface area contributed by atoms with Crippen LogP contribution in [0.3, 0.4) is 0 Å². The zero-order chi connectivity index (χ0) is 32.6. The molecule has 45 heavy (non-hydrogen) atoms. The molecule has 2 aliphatic heterocycles. The van der Waals surface area contributed by atoms with Crippen LogP contribution < -0.4 is 26.4 Å². The van der Waals surface area contributed by atoms with Gasteiger partial charge in [0.15, 0.2) is 0 Å². The highest BCUT2D eigenvalue weighted by Gasteiger charge is 2.38. The van der Waals surface area contributed by atoms with Crippen molar-refractivity contribution in [2.24, 2.45) is 0 Å². The maximum absolute atomic E-state index is 13.6. The summed E-state index contributed by atoms with van der Waals surface area (Å²) in [5.41, 5.74) is 9.82. The first-order chi connectivity index (χ1) is 21.4. The number of anilines is 3. The van der Waals surface area contributed by atoms with Gasteiger partial charge in [0.2, 0.25) is 5.91 Å². The number of pyridine rings is 1. The zero-order valence-electron chi connectivity index (χ0n) is 24.0. The molecule has 0 spiro atoms. The molecule has 3 heterocycles. The Morgan fingerprint density at radius 2 is 1.91 bits per heavy atom. The van der Waals surface area contributed by atoms with E-state index in [9.17, 15) is 22.8 Å². The normalized spacial score (nSPS) is 15.2. The monoisotopic (exact) mass is 625 g/mol. The van der Waals surface area contributed by atoms with Gasteiger partial charge >= 0.3 is 18.2 Å². The number of aromatic nitrogens is 1. The number of ether oxygens (including phenoxy) is 2. The second kappa shape index (κ2) is 14.3. The Morgan fingerprint density at radius 3 is 2.64 bits per heavy atom. The maximum atomic E-state index is 13.6. The second-order valence-corrected chi connectivity index (χ2v) is 9.74. The van der Waals surface area contributed by atoms with E-state index in [1.165, 1.54) is 0 Å². The molecule has 2 amide bonds. The topological polar surface area (TPSA) is 165 Å². The number of nitrogens with two attached hydrogens (primary N) is 1. The van der Waals surface area contributed by atoms with Crippen LogP contribution in [-0.4, -0.2) is 47.5 Å². The Labute approximate surface area is 255 Å². The molecule has 14 heteroatoms.